The molecule has 0 aromatic carbocycles. The summed E-state index contributed by atoms with van der Waals surface area (Å²) in [5.41, 5.74) is 29.4. The van der Waals surface area contributed by atoms with Gasteiger partial charge in [-0.05, 0) is 0 Å². The summed E-state index contributed by atoms with van der Waals surface area (Å²) >= 11 is 0. The average Bonchev–Trinajstić information content (AvgIpc) is 2.18. The molecule has 0 unspecified atom stereocenters. The van der Waals surface area contributed by atoms with Crippen LogP contribution < -0.4 is 34.4 Å². The first-order valence-electron chi connectivity index (χ1n) is 3.95. The van der Waals surface area contributed by atoms with Crippen molar-refractivity contribution < 1.29 is 5.48 Å². The van der Waals surface area contributed by atoms with Crippen LogP contribution in [0.3, 0.4) is 0 Å². The van der Waals surface area contributed by atoms with Crippen LogP contribution in [0.5, 0.6) is 0 Å². The van der Waals surface area contributed by atoms with E-state index in [2.05, 4.69) is 0 Å². The number of hydrogen-bond acceptors (Lipinski definition) is 6. The Morgan fingerprint density at radius 1 is 0.385 bits per heavy atom. The van der Waals surface area contributed by atoms with Crippen molar-refractivity contribution in [3.63, 3.8) is 0 Å². The molecule has 0 aliphatic heterocycles. The van der Waals surface area contributed by atoms with E-state index < -0.39 is 0 Å². The highest BCUT2D eigenvalue weighted by molar-refractivity contribution is 4.26. The van der Waals surface area contributed by atoms with Crippen LogP contribution in [0.4, 0.5) is 0 Å². The number of nitrogens with two attached hydrogens (primary N) is 6. The van der Waals surface area contributed by atoms with Crippen molar-refractivity contribution in [2.45, 2.75) is 0 Å². The van der Waals surface area contributed by atoms with Crippen LogP contribution in [0.25, 0.3) is 0 Å². The Balaban J connectivity index is -0.0000000450. The quantitative estimate of drug-likeness (QED) is 0.267. The maximum absolute atomic E-state index is 4.90. The molecular weight excluding hydrogens is 172 g/mol. The Morgan fingerprint density at radius 2 is 0.462 bits per heavy atom. The highest BCUT2D eigenvalue weighted by Crippen LogP contribution is 1.25. The van der Waals surface area contributed by atoms with Gasteiger partial charge in [0, 0.05) is 39.3 Å². The predicted molar refractivity (Wildman–Crippen MR) is 57.9 cm³/mol. The first-order chi connectivity index (χ1) is 5.74. The van der Waals surface area contributed by atoms with Gasteiger partial charge in [-0.3, -0.25) is 0 Å². The van der Waals surface area contributed by atoms with Gasteiger partial charge in [-0.2, -0.15) is 0 Å². The minimum atomic E-state index is 0. The zero-order chi connectivity index (χ0) is 10.2. The molecule has 14 N–H and O–H groups in total. The van der Waals surface area contributed by atoms with Crippen LogP contribution in [0.2, 0.25) is 0 Å². The Labute approximate surface area is 80.1 Å². The van der Waals surface area contributed by atoms with Crippen molar-refractivity contribution in [1.29, 1.82) is 0 Å². The second-order valence-electron chi connectivity index (χ2n) is 1.73. The molecule has 0 radical (unpaired) electrons. The van der Waals surface area contributed by atoms with Gasteiger partial charge >= 0.3 is 0 Å². The van der Waals surface area contributed by atoms with Crippen LogP contribution in [0, 0.1) is 0 Å². The normalized spacial score (nSPS) is 6.92. The van der Waals surface area contributed by atoms with Crippen molar-refractivity contribution in [2.24, 2.45) is 34.4 Å². The second kappa shape index (κ2) is 41.2. The summed E-state index contributed by atoms with van der Waals surface area (Å²) in [6, 6.07) is 0. The van der Waals surface area contributed by atoms with Crippen LogP contribution in [0.15, 0.2) is 0 Å². The summed E-state index contributed by atoms with van der Waals surface area (Å²) in [7, 11) is 0. The van der Waals surface area contributed by atoms with Gasteiger partial charge < -0.3 is 39.9 Å². The molecule has 0 bridgehead atoms. The minimum absolute atomic E-state index is 0. The lowest BCUT2D eigenvalue weighted by molar-refractivity contribution is 0.824. The highest BCUT2D eigenvalue weighted by atomic mass is 16.0. The molecule has 0 aliphatic carbocycles. The van der Waals surface area contributed by atoms with E-state index in [-0.39, 0.29) is 5.48 Å². The topological polar surface area (TPSA) is 188 Å². The summed E-state index contributed by atoms with van der Waals surface area (Å²) in [5, 5.41) is 0. The molecule has 13 heavy (non-hydrogen) atoms. The molecule has 0 aliphatic rings. The van der Waals surface area contributed by atoms with E-state index in [1.165, 1.54) is 0 Å². The monoisotopic (exact) mass is 198 g/mol. The average molecular weight is 198 g/mol. The zero-order valence-electron chi connectivity index (χ0n) is 8.21. The van der Waals surface area contributed by atoms with Crippen molar-refractivity contribution >= 4 is 0 Å². The van der Waals surface area contributed by atoms with E-state index in [0.29, 0.717) is 39.3 Å². The number of hydrogen-bond donors (Lipinski definition) is 6. The van der Waals surface area contributed by atoms with E-state index in [1.807, 2.05) is 0 Å². The minimum Gasteiger partial charge on any atom is -0.412 e. The van der Waals surface area contributed by atoms with Crippen LogP contribution in [-0.2, 0) is 0 Å². The third-order valence-corrected chi connectivity index (χ3v) is 0.500. The van der Waals surface area contributed by atoms with Gasteiger partial charge in [0.15, 0.2) is 0 Å². The molecule has 0 saturated carbocycles. The molecule has 86 valence electrons. The largest absolute Gasteiger partial charge is 0.412 e. The van der Waals surface area contributed by atoms with Crippen molar-refractivity contribution in [2.75, 3.05) is 39.3 Å². The SMILES string of the molecule is NCCN.NCCN.NCCN.O. The maximum Gasteiger partial charge on any atom is 0.00461 e. The molecule has 0 amide bonds. The van der Waals surface area contributed by atoms with Crippen LogP contribution in [0.1, 0.15) is 0 Å². The molecule has 0 heterocycles. The molecule has 0 spiro atoms. The Kier molecular flexibility index (Phi) is 72.8. The van der Waals surface area contributed by atoms with Crippen molar-refractivity contribution in [1.82, 2.24) is 0 Å². The molecule has 7 nitrogen and oxygen atoms in total. The zero-order valence-corrected chi connectivity index (χ0v) is 8.21. The van der Waals surface area contributed by atoms with Gasteiger partial charge in [0.2, 0.25) is 0 Å². The highest BCUT2D eigenvalue weighted by Gasteiger charge is 1.55. The maximum atomic E-state index is 4.90. The molecule has 0 saturated heterocycles. The lowest BCUT2D eigenvalue weighted by Crippen LogP contribution is -2.11. The molecule has 0 aromatic heterocycles. The van der Waals surface area contributed by atoms with E-state index in [1.54, 1.807) is 0 Å². The first-order valence-corrected chi connectivity index (χ1v) is 3.95. The third kappa shape index (κ3) is 150. The Bertz CT molecular complexity index is 32.6. The van der Waals surface area contributed by atoms with Crippen LogP contribution in [-0.4, -0.2) is 44.7 Å². The Hall–Kier alpha value is -0.280. The summed E-state index contributed by atoms with van der Waals surface area (Å²) in [6.07, 6.45) is 0. The lowest BCUT2D eigenvalue weighted by Gasteiger charge is -1.72. The molecule has 7 heteroatoms. The van der Waals surface area contributed by atoms with Gasteiger partial charge in [-0.25, -0.2) is 0 Å². The molecule has 0 aromatic rings. The summed E-state index contributed by atoms with van der Waals surface area (Å²) < 4.78 is 0. The smallest absolute Gasteiger partial charge is 0.00461 e. The second-order valence-corrected chi connectivity index (χ2v) is 1.73. The van der Waals surface area contributed by atoms with Crippen LogP contribution >= 0.6 is 0 Å². The Morgan fingerprint density at radius 3 is 0.462 bits per heavy atom. The standard InChI is InChI=1S/3C2H8N2.H2O/c3*3-1-2-4;/h3*1-4H2;1H2. The molecule has 0 atom stereocenters. The molecule has 0 rings (SSSR count). The fourth-order valence-electron chi connectivity index (χ4n) is 0. The summed E-state index contributed by atoms with van der Waals surface area (Å²) in [5.74, 6) is 0. The fourth-order valence-corrected chi connectivity index (χ4v) is 0. The van der Waals surface area contributed by atoms with Gasteiger partial charge in [-0.1, -0.05) is 0 Å². The van der Waals surface area contributed by atoms with E-state index >= 15 is 0 Å². The van der Waals surface area contributed by atoms with E-state index in [4.69, 9.17) is 34.4 Å². The van der Waals surface area contributed by atoms with Gasteiger partial charge in [0.1, 0.15) is 0 Å². The third-order valence-electron chi connectivity index (χ3n) is 0.500. The van der Waals surface area contributed by atoms with Crippen molar-refractivity contribution in [3.05, 3.63) is 0 Å². The molecular formula is C6H26N6O. The lowest BCUT2D eigenvalue weighted by atomic mass is 10.7. The van der Waals surface area contributed by atoms with Crippen molar-refractivity contribution in [3.8, 4) is 0 Å². The summed E-state index contributed by atoms with van der Waals surface area (Å²) in [4.78, 5) is 0. The summed E-state index contributed by atoms with van der Waals surface area (Å²) in [6.45, 7) is 3.58. The van der Waals surface area contributed by atoms with Gasteiger partial charge in [-0.15, -0.1) is 0 Å². The number of rotatable bonds is 3. The molecule has 0 fully saturated rings. The van der Waals surface area contributed by atoms with Gasteiger partial charge in [0.25, 0.3) is 0 Å². The van der Waals surface area contributed by atoms with E-state index in [0.717, 1.165) is 0 Å². The van der Waals surface area contributed by atoms with E-state index in [9.17, 15) is 0 Å². The predicted octanol–water partition coefficient (Wildman–Crippen LogP) is -4.11. The first kappa shape index (κ1) is 23.0. The fraction of sp³-hybridized carbons (Fsp3) is 1.00. The van der Waals surface area contributed by atoms with Gasteiger partial charge in [0.05, 0.1) is 0 Å².